The van der Waals surface area contributed by atoms with E-state index in [2.05, 4.69) is 15.1 Å². The standard InChI is InChI=1S/C15H19N3O3S2/c1-15(2)10-18(8-11-6-4-5-7-12(11)21-15)9-13-16-17-14(22-13)23(3,19)20/h4-7H,8-10H2,1-3H3. The molecule has 8 heteroatoms. The van der Waals surface area contributed by atoms with Crippen LogP contribution in [0.5, 0.6) is 5.75 Å². The highest BCUT2D eigenvalue weighted by atomic mass is 32.2. The Morgan fingerprint density at radius 1 is 1.30 bits per heavy atom. The molecule has 1 aromatic heterocycles. The van der Waals surface area contributed by atoms with Crippen LogP contribution in [0.25, 0.3) is 0 Å². The van der Waals surface area contributed by atoms with E-state index in [-0.39, 0.29) is 9.94 Å². The Bertz CT molecular complexity index is 815. The maximum Gasteiger partial charge on any atom is 0.232 e. The van der Waals surface area contributed by atoms with Crippen LogP contribution >= 0.6 is 11.3 Å². The SMILES string of the molecule is CC1(C)CN(Cc2nnc(S(C)(=O)=O)s2)Cc2ccccc2O1. The van der Waals surface area contributed by atoms with Gasteiger partial charge in [-0.15, -0.1) is 10.2 Å². The van der Waals surface area contributed by atoms with E-state index in [1.165, 1.54) is 0 Å². The van der Waals surface area contributed by atoms with Gasteiger partial charge in [-0.25, -0.2) is 8.42 Å². The van der Waals surface area contributed by atoms with Crippen molar-refractivity contribution in [1.29, 1.82) is 0 Å². The second-order valence-electron chi connectivity index (χ2n) is 6.35. The molecular formula is C15H19N3O3S2. The molecule has 0 bridgehead atoms. The predicted molar refractivity (Wildman–Crippen MR) is 88.3 cm³/mol. The fourth-order valence-electron chi connectivity index (χ4n) is 2.65. The molecule has 1 aromatic carbocycles. The largest absolute Gasteiger partial charge is 0.486 e. The summed E-state index contributed by atoms with van der Waals surface area (Å²) >= 11 is 1.13. The minimum Gasteiger partial charge on any atom is -0.486 e. The van der Waals surface area contributed by atoms with Gasteiger partial charge in [-0.05, 0) is 19.9 Å². The van der Waals surface area contributed by atoms with Crippen LogP contribution < -0.4 is 4.74 Å². The van der Waals surface area contributed by atoms with Crippen LogP contribution in [-0.2, 0) is 22.9 Å². The smallest absolute Gasteiger partial charge is 0.232 e. The summed E-state index contributed by atoms with van der Waals surface area (Å²) in [4.78, 5) is 2.21. The van der Waals surface area contributed by atoms with Gasteiger partial charge in [-0.2, -0.15) is 0 Å². The minimum absolute atomic E-state index is 0.0678. The third-order valence-electron chi connectivity index (χ3n) is 3.48. The lowest BCUT2D eigenvalue weighted by atomic mass is 10.1. The van der Waals surface area contributed by atoms with Crippen LogP contribution in [-0.4, -0.2) is 41.9 Å². The summed E-state index contributed by atoms with van der Waals surface area (Å²) in [5.41, 5.74) is 0.780. The first-order chi connectivity index (χ1) is 10.7. The topological polar surface area (TPSA) is 72.4 Å². The summed E-state index contributed by atoms with van der Waals surface area (Å²) < 4.78 is 29.2. The van der Waals surface area contributed by atoms with Crippen LogP contribution in [0.1, 0.15) is 24.4 Å². The van der Waals surface area contributed by atoms with Crippen LogP contribution in [0, 0.1) is 0 Å². The van der Waals surface area contributed by atoms with Gasteiger partial charge >= 0.3 is 0 Å². The van der Waals surface area contributed by atoms with E-state index in [4.69, 9.17) is 4.74 Å². The molecular weight excluding hydrogens is 334 g/mol. The van der Waals surface area contributed by atoms with E-state index in [0.29, 0.717) is 11.6 Å². The fourth-order valence-corrected chi connectivity index (χ4v) is 4.35. The Hall–Kier alpha value is -1.51. The van der Waals surface area contributed by atoms with E-state index >= 15 is 0 Å². The van der Waals surface area contributed by atoms with Gasteiger partial charge in [0.1, 0.15) is 16.4 Å². The molecule has 0 spiro atoms. The first kappa shape index (κ1) is 16.4. The van der Waals surface area contributed by atoms with Gasteiger partial charge in [-0.3, -0.25) is 4.90 Å². The molecule has 2 heterocycles. The molecule has 3 rings (SSSR count). The van der Waals surface area contributed by atoms with Crippen molar-refractivity contribution >= 4 is 21.2 Å². The van der Waals surface area contributed by atoms with Crippen molar-refractivity contribution in [1.82, 2.24) is 15.1 Å². The Morgan fingerprint density at radius 3 is 2.74 bits per heavy atom. The summed E-state index contributed by atoms with van der Waals surface area (Å²) in [6, 6.07) is 7.98. The molecule has 0 unspecified atom stereocenters. The van der Waals surface area contributed by atoms with E-state index in [0.717, 1.165) is 42.0 Å². The van der Waals surface area contributed by atoms with E-state index in [1.807, 2.05) is 38.1 Å². The summed E-state index contributed by atoms with van der Waals surface area (Å²) in [5, 5.41) is 8.49. The third kappa shape index (κ3) is 3.88. The van der Waals surface area contributed by atoms with Crippen molar-refractivity contribution < 1.29 is 13.2 Å². The van der Waals surface area contributed by atoms with E-state index in [1.54, 1.807) is 0 Å². The zero-order valence-corrected chi connectivity index (χ0v) is 14.9. The molecule has 1 aliphatic rings. The second-order valence-corrected chi connectivity index (χ2v) is 9.60. The molecule has 0 radical (unpaired) electrons. The van der Waals surface area contributed by atoms with Gasteiger partial charge in [0, 0.05) is 24.9 Å². The summed E-state index contributed by atoms with van der Waals surface area (Å²) in [5.74, 6) is 0.897. The molecule has 0 saturated carbocycles. The number of rotatable bonds is 3. The van der Waals surface area contributed by atoms with Gasteiger partial charge in [0.2, 0.25) is 14.2 Å². The highest BCUT2D eigenvalue weighted by Gasteiger charge is 2.29. The highest BCUT2D eigenvalue weighted by molar-refractivity contribution is 7.92. The number of hydrogen-bond acceptors (Lipinski definition) is 7. The van der Waals surface area contributed by atoms with Gasteiger partial charge < -0.3 is 4.74 Å². The lowest BCUT2D eigenvalue weighted by Crippen LogP contribution is -2.40. The number of hydrogen-bond donors (Lipinski definition) is 0. The lowest BCUT2D eigenvalue weighted by Gasteiger charge is -2.28. The number of ether oxygens (including phenoxy) is 1. The predicted octanol–water partition coefficient (Wildman–Crippen LogP) is 2.11. The Morgan fingerprint density at radius 2 is 2.04 bits per heavy atom. The maximum absolute atomic E-state index is 11.5. The number of benzene rings is 1. The number of aromatic nitrogens is 2. The summed E-state index contributed by atoms with van der Waals surface area (Å²) in [6.07, 6.45) is 1.15. The number of sulfone groups is 1. The first-order valence-electron chi connectivity index (χ1n) is 7.25. The Balaban J connectivity index is 1.84. The molecule has 23 heavy (non-hydrogen) atoms. The molecule has 0 atom stereocenters. The number of fused-ring (bicyclic) bond motifs is 1. The Labute approximate surface area is 140 Å². The van der Waals surface area contributed by atoms with E-state index in [9.17, 15) is 8.42 Å². The van der Waals surface area contributed by atoms with Crippen molar-refractivity contribution in [2.75, 3.05) is 12.8 Å². The lowest BCUT2D eigenvalue weighted by molar-refractivity contribution is 0.0681. The van der Waals surface area contributed by atoms with Crippen molar-refractivity contribution in [3.63, 3.8) is 0 Å². The van der Waals surface area contributed by atoms with Crippen LogP contribution in [0.15, 0.2) is 28.6 Å². The number of nitrogens with zero attached hydrogens (tertiary/aromatic N) is 3. The average Bonchev–Trinajstić information content (AvgIpc) is 2.83. The van der Waals surface area contributed by atoms with Crippen molar-refractivity contribution in [2.45, 2.75) is 36.9 Å². The minimum atomic E-state index is -3.30. The highest BCUT2D eigenvalue weighted by Crippen LogP contribution is 2.30. The summed E-state index contributed by atoms with van der Waals surface area (Å²) in [6.45, 7) is 6.09. The summed E-state index contributed by atoms with van der Waals surface area (Å²) in [7, 11) is -3.30. The zero-order chi connectivity index (χ0) is 16.7. The van der Waals surface area contributed by atoms with Gasteiger partial charge in [0.25, 0.3) is 0 Å². The average molecular weight is 353 g/mol. The van der Waals surface area contributed by atoms with E-state index < -0.39 is 9.84 Å². The normalized spacial score (nSPS) is 18.0. The second kappa shape index (κ2) is 5.85. The van der Waals surface area contributed by atoms with Crippen LogP contribution in [0.4, 0.5) is 0 Å². The van der Waals surface area contributed by atoms with Crippen molar-refractivity contribution in [3.8, 4) is 5.75 Å². The number of para-hydroxylation sites is 1. The fraction of sp³-hybridized carbons (Fsp3) is 0.467. The van der Waals surface area contributed by atoms with Gasteiger partial charge in [0.05, 0.1) is 6.54 Å². The molecule has 0 saturated heterocycles. The van der Waals surface area contributed by atoms with Gasteiger partial charge in [-0.1, -0.05) is 29.5 Å². The third-order valence-corrected chi connectivity index (χ3v) is 6.06. The van der Waals surface area contributed by atoms with Crippen molar-refractivity contribution in [3.05, 3.63) is 34.8 Å². The van der Waals surface area contributed by atoms with Crippen LogP contribution in [0.3, 0.4) is 0 Å². The zero-order valence-electron chi connectivity index (χ0n) is 13.3. The molecule has 1 aliphatic heterocycles. The molecule has 0 aliphatic carbocycles. The van der Waals surface area contributed by atoms with Gasteiger partial charge in [0.15, 0.2) is 0 Å². The Kier molecular flexibility index (Phi) is 4.16. The van der Waals surface area contributed by atoms with Crippen molar-refractivity contribution in [2.24, 2.45) is 0 Å². The molecule has 124 valence electrons. The molecule has 6 nitrogen and oxygen atoms in total. The molecule has 0 amide bonds. The maximum atomic E-state index is 11.5. The first-order valence-corrected chi connectivity index (χ1v) is 9.95. The molecule has 0 N–H and O–H groups in total. The monoisotopic (exact) mass is 353 g/mol. The molecule has 0 fully saturated rings. The molecule has 2 aromatic rings. The quantitative estimate of drug-likeness (QED) is 0.842. The van der Waals surface area contributed by atoms with Crippen LogP contribution in [0.2, 0.25) is 0 Å².